The van der Waals surface area contributed by atoms with E-state index in [0.717, 1.165) is 18.2 Å². The third-order valence-corrected chi connectivity index (χ3v) is 2.69. The van der Waals surface area contributed by atoms with Gasteiger partial charge < -0.3 is 10.2 Å². The van der Waals surface area contributed by atoms with Crippen LogP contribution in [0.3, 0.4) is 0 Å². The molecule has 1 aromatic carbocycles. The predicted octanol–water partition coefficient (Wildman–Crippen LogP) is 2.23. The fraction of sp³-hybridized carbons (Fsp3) is 0.357. The zero-order valence-corrected chi connectivity index (χ0v) is 11.2. The summed E-state index contributed by atoms with van der Waals surface area (Å²) >= 11 is 0. The van der Waals surface area contributed by atoms with Gasteiger partial charge in [0.2, 0.25) is 5.95 Å². The Bertz CT molecular complexity index is 476. The van der Waals surface area contributed by atoms with E-state index in [0.29, 0.717) is 6.04 Å². The van der Waals surface area contributed by atoms with Gasteiger partial charge in [-0.25, -0.2) is 4.98 Å². The van der Waals surface area contributed by atoms with E-state index in [1.54, 1.807) is 0 Å². The zero-order chi connectivity index (χ0) is 13.0. The second-order valence-corrected chi connectivity index (χ2v) is 4.76. The van der Waals surface area contributed by atoms with Crippen molar-refractivity contribution in [2.75, 3.05) is 26.0 Å². The Morgan fingerprint density at radius 1 is 1.28 bits per heavy atom. The van der Waals surface area contributed by atoms with Crippen molar-refractivity contribution in [3.05, 3.63) is 42.7 Å². The third-order valence-electron chi connectivity index (χ3n) is 2.69. The van der Waals surface area contributed by atoms with Crippen LogP contribution in [0.2, 0.25) is 0 Å². The third kappa shape index (κ3) is 3.11. The molecule has 0 radical (unpaired) electrons. The number of imidazole rings is 1. The number of hydrogen-bond acceptors (Lipinski definition) is 3. The molecule has 0 bridgehead atoms. The molecule has 4 heteroatoms. The van der Waals surface area contributed by atoms with Gasteiger partial charge in [-0.15, -0.1) is 0 Å². The maximum absolute atomic E-state index is 4.37. The lowest BCUT2D eigenvalue weighted by Gasteiger charge is -2.19. The Morgan fingerprint density at radius 3 is 2.67 bits per heavy atom. The highest BCUT2D eigenvalue weighted by atomic mass is 15.2. The quantitative estimate of drug-likeness (QED) is 0.875. The molecule has 1 atom stereocenters. The molecule has 0 saturated carbocycles. The maximum Gasteiger partial charge on any atom is 0.207 e. The molecule has 96 valence electrons. The van der Waals surface area contributed by atoms with Gasteiger partial charge in [0.1, 0.15) is 0 Å². The van der Waals surface area contributed by atoms with Crippen molar-refractivity contribution in [2.24, 2.45) is 0 Å². The molecular formula is C14H20N4. The first-order chi connectivity index (χ1) is 8.66. The number of likely N-dealkylation sites (N-methyl/N-ethyl adjacent to an activating group) is 1. The van der Waals surface area contributed by atoms with E-state index < -0.39 is 0 Å². The van der Waals surface area contributed by atoms with Crippen LogP contribution in [0.4, 0.5) is 5.95 Å². The molecule has 0 spiro atoms. The highest BCUT2D eigenvalue weighted by Gasteiger charge is 2.08. The molecule has 2 rings (SSSR count). The van der Waals surface area contributed by atoms with Crippen LogP contribution >= 0.6 is 0 Å². The van der Waals surface area contributed by atoms with Gasteiger partial charge in [-0.2, -0.15) is 0 Å². The van der Waals surface area contributed by atoms with Gasteiger partial charge in [0.05, 0.1) is 0 Å². The Balaban J connectivity index is 2.14. The van der Waals surface area contributed by atoms with Crippen molar-refractivity contribution >= 4 is 5.95 Å². The highest BCUT2D eigenvalue weighted by Crippen LogP contribution is 2.14. The summed E-state index contributed by atoms with van der Waals surface area (Å²) in [6.45, 7) is 3.13. The maximum atomic E-state index is 4.37. The minimum Gasteiger partial charge on any atom is -0.352 e. The molecule has 1 heterocycles. The summed E-state index contributed by atoms with van der Waals surface area (Å²) in [5.41, 5.74) is 1.12. The molecule has 1 N–H and O–H groups in total. The van der Waals surface area contributed by atoms with E-state index in [9.17, 15) is 0 Å². The predicted molar refractivity (Wildman–Crippen MR) is 75.2 cm³/mol. The lowest BCUT2D eigenvalue weighted by atomic mass is 10.3. The van der Waals surface area contributed by atoms with E-state index in [1.165, 1.54) is 0 Å². The minimum atomic E-state index is 0.352. The normalized spacial score (nSPS) is 12.7. The lowest BCUT2D eigenvalue weighted by Crippen LogP contribution is -2.30. The van der Waals surface area contributed by atoms with Crippen LogP contribution in [0, 0.1) is 0 Å². The van der Waals surface area contributed by atoms with Gasteiger partial charge in [-0.3, -0.25) is 4.57 Å². The Labute approximate surface area is 108 Å². The van der Waals surface area contributed by atoms with Crippen LogP contribution in [-0.2, 0) is 0 Å². The van der Waals surface area contributed by atoms with E-state index in [-0.39, 0.29) is 0 Å². The summed E-state index contributed by atoms with van der Waals surface area (Å²) in [5, 5.41) is 3.43. The second kappa shape index (κ2) is 5.69. The fourth-order valence-electron chi connectivity index (χ4n) is 2.02. The number of aromatic nitrogens is 2. The summed E-state index contributed by atoms with van der Waals surface area (Å²) in [6, 6.07) is 10.6. The van der Waals surface area contributed by atoms with Crippen molar-refractivity contribution in [3.8, 4) is 5.69 Å². The molecule has 1 unspecified atom stereocenters. The van der Waals surface area contributed by atoms with Crippen molar-refractivity contribution in [3.63, 3.8) is 0 Å². The number of nitrogens with zero attached hydrogens (tertiary/aromatic N) is 3. The van der Waals surface area contributed by atoms with E-state index >= 15 is 0 Å². The molecule has 0 fully saturated rings. The van der Waals surface area contributed by atoms with Crippen LogP contribution in [0.5, 0.6) is 0 Å². The molecule has 0 saturated heterocycles. The first-order valence-corrected chi connectivity index (χ1v) is 6.17. The fourth-order valence-corrected chi connectivity index (χ4v) is 2.02. The van der Waals surface area contributed by atoms with Crippen molar-refractivity contribution in [2.45, 2.75) is 13.0 Å². The van der Waals surface area contributed by atoms with E-state index in [4.69, 9.17) is 0 Å². The van der Waals surface area contributed by atoms with Gasteiger partial charge in [-0.1, -0.05) is 18.2 Å². The van der Waals surface area contributed by atoms with Crippen LogP contribution in [-0.4, -0.2) is 41.1 Å². The minimum absolute atomic E-state index is 0.352. The second-order valence-electron chi connectivity index (χ2n) is 4.76. The topological polar surface area (TPSA) is 33.1 Å². The molecule has 0 aliphatic heterocycles. The molecular weight excluding hydrogens is 224 g/mol. The molecule has 2 aromatic rings. The number of hydrogen-bond donors (Lipinski definition) is 1. The van der Waals surface area contributed by atoms with Gasteiger partial charge >= 0.3 is 0 Å². The standard InChI is InChI=1S/C14H20N4/c1-12(11-17(2)3)16-14-15-9-10-18(14)13-7-5-4-6-8-13/h4-10,12H,11H2,1-3H3,(H,15,16). The zero-order valence-electron chi connectivity index (χ0n) is 11.2. The smallest absolute Gasteiger partial charge is 0.207 e. The van der Waals surface area contributed by atoms with E-state index in [1.807, 2.05) is 30.6 Å². The van der Waals surface area contributed by atoms with Crippen molar-refractivity contribution < 1.29 is 0 Å². The molecule has 1 aromatic heterocycles. The summed E-state index contributed by atoms with van der Waals surface area (Å²) < 4.78 is 2.06. The van der Waals surface area contributed by atoms with Crippen LogP contribution in [0.15, 0.2) is 42.7 Å². The summed E-state index contributed by atoms with van der Waals surface area (Å²) in [5.74, 6) is 0.885. The van der Waals surface area contributed by atoms with E-state index in [2.05, 4.69) is 52.9 Å². The van der Waals surface area contributed by atoms with Gasteiger partial charge in [0, 0.05) is 30.7 Å². The summed E-state index contributed by atoms with van der Waals surface area (Å²) in [4.78, 5) is 6.53. The Kier molecular flexibility index (Phi) is 3.99. The number of rotatable bonds is 5. The molecule has 0 amide bonds. The lowest BCUT2D eigenvalue weighted by molar-refractivity contribution is 0.391. The molecule has 0 aliphatic carbocycles. The number of para-hydroxylation sites is 1. The van der Waals surface area contributed by atoms with Gasteiger partial charge in [-0.05, 0) is 33.2 Å². The van der Waals surface area contributed by atoms with Crippen molar-refractivity contribution in [1.29, 1.82) is 0 Å². The van der Waals surface area contributed by atoms with Crippen molar-refractivity contribution in [1.82, 2.24) is 14.5 Å². The van der Waals surface area contributed by atoms with Crippen LogP contribution in [0.1, 0.15) is 6.92 Å². The number of anilines is 1. The first kappa shape index (κ1) is 12.6. The largest absolute Gasteiger partial charge is 0.352 e. The molecule has 0 aliphatic rings. The number of nitrogens with one attached hydrogen (secondary N) is 1. The average Bonchev–Trinajstić information content (AvgIpc) is 2.77. The Hall–Kier alpha value is -1.81. The van der Waals surface area contributed by atoms with Crippen LogP contribution in [0.25, 0.3) is 5.69 Å². The van der Waals surface area contributed by atoms with Gasteiger partial charge in [0.25, 0.3) is 0 Å². The Morgan fingerprint density at radius 2 is 2.00 bits per heavy atom. The highest BCUT2D eigenvalue weighted by molar-refractivity contribution is 5.41. The van der Waals surface area contributed by atoms with Crippen LogP contribution < -0.4 is 5.32 Å². The molecule has 18 heavy (non-hydrogen) atoms. The monoisotopic (exact) mass is 244 g/mol. The number of benzene rings is 1. The first-order valence-electron chi connectivity index (χ1n) is 6.17. The summed E-state index contributed by atoms with van der Waals surface area (Å²) in [7, 11) is 4.14. The van der Waals surface area contributed by atoms with Gasteiger partial charge in [0.15, 0.2) is 0 Å². The summed E-state index contributed by atoms with van der Waals surface area (Å²) in [6.07, 6.45) is 3.79. The SMILES string of the molecule is CC(CN(C)C)Nc1nccn1-c1ccccc1. The molecule has 4 nitrogen and oxygen atoms in total. The average molecular weight is 244 g/mol.